The third-order valence-corrected chi connectivity index (χ3v) is 6.08. The van der Waals surface area contributed by atoms with Crippen LogP contribution in [-0.4, -0.2) is 57.5 Å². The van der Waals surface area contributed by atoms with E-state index in [9.17, 15) is 4.79 Å². The van der Waals surface area contributed by atoms with Gasteiger partial charge in [0.15, 0.2) is 0 Å². The summed E-state index contributed by atoms with van der Waals surface area (Å²) in [5.74, 6) is 1.93. The van der Waals surface area contributed by atoms with Crippen molar-refractivity contribution in [3.05, 3.63) is 30.1 Å². The maximum atomic E-state index is 13.1. The number of carbonyl (C=O) groups excluding carboxylic acids is 1. The highest BCUT2D eigenvalue weighted by atomic mass is 16.2. The van der Waals surface area contributed by atoms with Crippen molar-refractivity contribution in [3.63, 3.8) is 0 Å². The van der Waals surface area contributed by atoms with E-state index < -0.39 is 0 Å². The average molecular weight is 338 g/mol. The Labute approximate surface area is 148 Å². The summed E-state index contributed by atoms with van der Waals surface area (Å²) in [6, 6.07) is 8.81. The molecule has 2 aromatic rings. The number of rotatable bonds is 3. The zero-order valence-electron chi connectivity index (χ0n) is 14.7. The predicted octanol–water partition coefficient (Wildman–Crippen LogP) is 2.61. The van der Waals surface area contributed by atoms with Crippen molar-refractivity contribution >= 4 is 16.9 Å². The normalized spacial score (nSPS) is 24.5. The number of hydrogen-bond donors (Lipinski definition) is 0. The molecule has 5 heteroatoms. The molecule has 2 aliphatic heterocycles. The number of imidazole rings is 1. The van der Waals surface area contributed by atoms with Crippen molar-refractivity contribution in [2.45, 2.75) is 50.6 Å². The molecule has 1 aliphatic carbocycles. The zero-order chi connectivity index (χ0) is 16.8. The van der Waals surface area contributed by atoms with Gasteiger partial charge in [-0.05, 0) is 50.8 Å². The number of nitrogens with zero attached hydrogens (tertiary/aromatic N) is 4. The van der Waals surface area contributed by atoms with Crippen LogP contribution in [0.15, 0.2) is 24.3 Å². The van der Waals surface area contributed by atoms with E-state index in [1.807, 2.05) is 12.1 Å². The SMILES string of the molecule is O=C(Cn1c(C2CC2)nc2ccccc21)N1CCCN2CCC[C@H]2C1. The lowest BCUT2D eigenvalue weighted by Gasteiger charge is -2.26. The van der Waals surface area contributed by atoms with Crippen molar-refractivity contribution in [3.8, 4) is 0 Å². The van der Waals surface area contributed by atoms with Gasteiger partial charge in [0.25, 0.3) is 0 Å². The molecule has 132 valence electrons. The first-order chi connectivity index (χ1) is 12.3. The Kier molecular flexibility index (Phi) is 3.77. The van der Waals surface area contributed by atoms with Gasteiger partial charge in [0.05, 0.1) is 11.0 Å². The highest BCUT2D eigenvalue weighted by molar-refractivity contribution is 5.81. The first kappa shape index (κ1) is 15.4. The van der Waals surface area contributed by atoms with Gasteiger partial charge in [-0.15, -0.1) is 0 Å². The predicted molar refractivity (Wildman–Crippen MR) is 97.5 cm³/mol. The summed E-state index contributed by atoms with van der Waals surface area (Å²) >= 11 is 0. The summed E-state index contributed by atoms with van der Waals surface area (Å²) in [5, 5.41) is 0. The van der Waals surface area contributed by atoms with Crippen LogP contribution >= 0.6 is 0 Å². The van der Waals surface area contributed by atoms with E-state index in [0.29, 0.717) is 18.5 Å². The summed E-state index contributed by atoms with van der Waals surface area (Å²) < 4.78 is 2.19. The van der Waals surface area contributed by atoms with Crippen LogP contribution in [0, 0.1) is 0 Å². The van der Waals surface area contributed by atoms with Gasteiger partial charge in [0.2, 0.25) is 5.91 Å². The van der Waals surface area contributed by atoms with Gasteiger partial charge >= 0.3 is 0 Å². The van der Waals surface area contributed by atoms with E-state index >= 15 is 0 Å². The van der Waals surface area contributed by atoms with E-state index in [0.717, 1.165) is 42.9 Å². The third-order valence-electron chi connectivity index (χ3n) is 6.08. The monoisotopic (exact) mass is 338 g/mol. The second-order valence-corrected chi connectivity index (χ2v) is 7.84. The Morgan fingerprint density at radius 2 is 1.92 bits per heavy atom. The number of carbonyl (C=O) groups is 1. The van der Waals surface area contributed by atoms with Crippen molar-refractivity contribution in [2.24, 2.45) is 0 Å². The standard InChI is InChI=1S/C20H26N4O/c25-19(23-12-4-11-22-10-3-5-16(22)13-23)14-24-18-7-2-1-6-17(18)21-20(24)15-8-9-15/h1-2,6-7,15-16H,3-5,8-14H2/t16-/m0/s1. The van der Waals surface area contributed by atoms with Gasteiger partial charge < -0.3 is 9.47 Å². The van der Waals surface area contributed by atoms with Crippen molar-refractivity contribution < 1.29 is 4.79 Å². The van der Waals surface area contributed by atoms with Gasteiger partial charge in [0, 0.05) is 31.6 Å². The number of para-hydroxylation sites is 2. The van der Waals surface area contributed by atoms with Gasteiger partial charge in [-0.25, -0.2) is 4.98 Å². The summed E-state index contributed by atoms with van der Waals surface area (Å²) in [6.07, 6.45) is 6.04. The van der Waals surface area contributed by atoms with E-state index in [2.05, 4.69) is 26.5 Å². The van der Waals surface area contributed by atoms with Crippen molar-refractivity contribution in [1.29, 1.82) is 0 Å². The topological polar surface area (TPSA) is 41.4 Å². The summed E-state index contributed by atoms with van der Waals surface area (Å²) in [5.41, 5.74) is 2.13. The molecule has 25 heavy (non-hydrogen) atoms. The smallest absolute Gasteiger partial charge is 0.242 e. The van der Waals surface area contributed by atoms with Crippen LogP contribution < -0.4 is 0 Å². The second kappa shape index (κ2) is 6.13. The quantitative estimate of drug-likeness (QED) is 0.864. The fourth-order valence-electron chi connectivity index (χ4n) is 4.58. The van der Waals surface area contributed by atoms with Crippen LogP contribution in [-0.2, 0) is 11.3 Å². The first-order valence-corrected chi connectivity index (χ1v) is 9.76. The fraction of sp³-hybridized carbons (Fsp3) is 0.600. The summed E-state index contributed by atoms with van der Waals surface area (Å²) in [6.45, 7) is 4.61. The summed E-state index contributed by atoms with van der Waals surface area (Å²) in [4.78, 5) is 22.6. The Balaban J connectivity index is 1.40. The van der Waals surface area contributed by atoms with E-state index in [4.69, 9.17) is 4.98 Å². The molecule has 1 aromatic carbocycles. The van der Waals surface area contributed by atoms with E-state index in [1.165, 1.54) is 32.2 Å². The van der Waals surface area contributed by atoms with Gasteiger partial charge in [-0.2, -0.15) is 0 Å². The Morgan fingerprint density at radius 1 is 1.08 bits per heavy atom. The molecule has 0 N–H and O–H groups in total. The molecule has 1 aromatic heterocycles. The molecule has 5 rings (SSSR count). The van der Waals surface area contributed by atoms with Crippen LogP contribution in [0.5, 0.6) is 0 Å². The molecule has 2 saturated heterocycles. The number of hydrogen-bond acceptors (Lipinski definition) is 3. The lowest BCUT2D eigenvalue weighted by atomic mass is 10.2. The molecule has 3 fully saturated rings. The molecule has 0 bridgehead atoms. The minimum atomic E-state index is 0.263. The molecule has 1 saturated carbocycles. The Hall–Kier alpha value is -1.88. The minimum Gasteiger partial charge on any atom is -0.340 e. The molecule has 1 amide bonds. The molecule has 0 spiro atoms. The highest BCUT2D eigenvalue weighted by Crippen LogP contribution is 2.40. The maximum Gasteiger partial charge on any atom is 0.242 e. The van der Waals surface area contributed by atoms with Crippen LogP contribution in [0.1, 0.15) is 43.8 Å². The minimum absolute atomic E-state index is 0.263. The average Bonchev–Trinajstić information content (AvgIpc) is 3.34. The lowest BCUT2D eigenvalue weighted by Crippen LogP contribution is -2.41. The maximum absolute atomic E-state index is 13.1. The fourth-order valence-corrected chi connectivity index (χ4v) is 4.58. The Bertz CT molecular complexity index is 794. The zero-order valence-corrected chi connectivity index (χ0v) is 14.7. The summed E-state index contributed by atoms with van der Waals surface area (Å²) in [7, 11) is 0. The molecule has 5 nitrogen and oxygen atoms in total. The second-order valence-electron chi connectivity index (χ2n) is 7.84. The van der Waals surface area contributed by atoms with Crippen molar-refractivity contribution in [1.82, 2.24) is 19.4 Å². The molecular weight excluding hydrogens is 312 g/mol. The molecule has 3 heterocycles. The number of fused-ring (bicyclic) bond motifs is 2. The molecule has 0 radical (unpaired) electrons. The number of amides is 1. The Morgan fingerprint density at radius 3 is 2.80 bits per heavy atom. The molecular formula is C20H26N4O. The van der Waals surface area contributed by atoms with E-state index in [-0.39, 0.29) is 5.91 Å². The van der Waals surface area contributed by atoms with Crippen molar-refractivity contribution in [2.75, 3.05) is 26.2 Å². The molecule has 1 atom stereocenters. The van der Waals surface area contributed by atoms with Crippen LogP contribution in [0.2, 0.25) is 0 Å². The van der Waals surface area contributed by atoms with Crippen LogP contribution in [0.3, 0.4) is 0 Å². The highest BCUT2D eigenvalue weighted by Gasteiger charge is 2.33. The van der Waals surface area contributed by atoms with Gasteiger partial charge in [-0.1, -0.05) is 12.1 Å². The molecule has 3 aliphatic rings. The van der Waals surface area contributed by atoms with Crippen LogP contribution in [0.25, 0.3) is 11.0 Å². The largest absolute Gasteiger partial charge is 0.340 e. The third kappa shape index (κ3) is 2.84. The van der Waals surface area contributed by atoms with E-state index in [1.54, 1.807) is 0 Å². The lowest BCUT2D eigenvalue weighted by molar-refractivity contribution is -0.132. The molecule has 0 unspecified atom stereocenters. The number of aromatic nitrogens is 2. The number of benzene rings is 1. The van der Waals surface area contributed by atoms with Gasteiger partial charge in [0.1, 0.15) is 12.4 Å². The first-order valence-electron chi connectivity index (χ1n) is 9.76. The van der Waals surface area contributed by atoms with Gasteiger partial charge in [-0.3, -0.25) is 9.69 Å². The van der Waals surface area contributed by atoms with Crippen LogP contribution in [0.4, 0.5) is 0 Å².